The third kappa shape index (κ3) is 16.4. The van der Waals surface area contributed by atoms with E-state index in [1.165, 1.54) is 19.0 Å². The molecule has 0 bridgehead atoms. The summed E-state index contributed by atoms with van der Waals surface area (Å²) in [7, 11) is 0. The van der Waals surface area contributed by atoms with Gasteiger partial charge >= 0.3 is 12.2 Å². The molecular formula is C60H70Cl4N16O4. The summed E-state index contributed by atoms with van der Waals surface area (Å²) in [4.78, 5) is 54.2. The normalized spacial score (nSPS) is 17.3. The lowest BCUT2D eigenvalue weighted by molar-refractivity contribution is 0.0163. The number of nitrogens with one attached hydrogen (secondary N) is 1. The molecule has 0 unspecified atom stereocenters. The van der Waals surface area contributed by atoms with Crippen LogP contribution in [0.3, 0.4) is 0 Å². The lowest BCUT2D eigenvalue weighted by Crippen LogP contribution is -2.47. The fourth-order valence-electron chi connectivity index (χ4n) is 10.0. The van der Waals surface area contributed by atoms with Gasteiger partial charge < -0.3 is 30.3 Å². The maximum absolute atomic E-state index is 12.5. The fraction of sp³-hybridized carbons (Fsp3) is 0.417. The molecule has 2 amide bonds. The van der Waals surface area contributed by atoms with Crippen LogP contribution in [0, 0.1) is 11.8 Å². The van der Waals surface area contributed by atoms with Crippen molar-refractivity contribution in [3.05, 3.63) is 142 Å². The molecule has 12 heterocycles. The Morgan fingerprint density at radius 2 is 0.988 bits per heavy atom. The van der Waals surface area contributed by atoms with Crippen LogP contribution in [0.25, 0.3) is 50.7 Å². The quantitative estimate of drug-likeness (QED) is 0.141. The Kier molecular flexibility index (Phi) is 20.3. The summed E-state index contributed by atoms with van der Waals surface area (Å²) in [6.07, 6.45) is 23.2. The Bertz CT molecular complexity index is 3690. The highest BCUT2D eigenvalue weighted by Gasteiger charge is 2.30. The van der Waals surface area contributed by atoms with Gasteiger partial charge in [0.15, 0.2) is 22.6 Å². The van der Waals surface area contributed by atoms with E-state index in [0.29, 0.717) is 58.0 Å². The molecule has 9 aromatic heterocycles. The van der Waals surface area contributed by atoms with Gasteiger partial charge in [-0.3, -0.25) is 0 Å². The highest BCUT2D eigenvalue weighted by Crippen LogP contribution is 2.30. The number of ether oxygens (including phenoxy) is 2. The van der Waals surface area contributed by atoms with E-state index < -0.39 is 11.2 Å². The molecule has 24 heteroatoms. The molecule has 0 spiro atoms. The molecule has 3 aliphatic heterocycles. The van der Waals surface area contributed by atoms with Gasteiger partial charge in [0.05, 0.1) is 84.5 Å². The van der Waals surface area contributed by atoms with Gasteiger partial charge in [-0.1, -0.05) is 64.6 Å². The zero-order valence-corrected chi connectivity index (χ0v) is 51.0. The van der Waals surface area contributed by atoms with Gasteiger partial charge in [0.25, 0.3) is 0 Å². The Morgan fingerprint density at radius 1 is 0.560 bits per heavy atom. The summed E-state index contributed by atoms with van der Waals surface area (Å²) in [6.45, 7) is 16.2. The van der Waals surface area contributed by atoms with E-state index in [0.717, 1.165) is 103 Å². The van der Waals surface area contributed by atoms with E-state index in [1.807, 2.05) is 125 Å². The van der Waals surface area contributed by atoms with Gasteiger partial charge in [-0.25, -0.2) is 53.0 Å². The zero-order chi connectivity index (χ0) is 59.5. The van der Waals surface area contributed by atoms with Gasteiger partial charge in [-0.2, -0.15) is 15.3 Å². The van der Waals surface area contributed by atoms with Crippen LogP contribution in [0.2, 0.25) is 20.2 Å². The van der Waals surface area contributed by atoms with E-state index >= 15 is 0 Å². The zero-order valence-electron chi connectivity index (χ0n) is 48.0. The van der Waals surface area contributed by atoms with Gasteiger partial charge in [-0.15, -0.1) is 0 Å². The first-order chi connectivity index (χ1) is 40.2. The summed E-state index contributed by atoms with van der Waals surface area (Å²) in [6, 6.07) is 17.7. The summed E-state index contributed by atoms with van der Waals surface area (Å²) < 4.78 is 16.2. The molecule has 442 valence electrons. The van der Waals surface area contributed by atoms with Crippen molar-refractivity contribution in [2.24, 2.45) is 17.6 Å². The van der Waals surface area contributed by atoms with Crippen LogP contribution >= 0.6 is 46.4 Å². The van der Waals surface area contributed by atoms with E-state index in [9.17, 15) is 9.59 Å². The van der Waals surface area contributed by atoms with Gasteiger partial charge in [0.2, 0.25) is 0 Å². The molecule has 3 N–H and O–H groups in total. The lowest BCUT2D eigenvalue weighted by atomic mass is 9.93. The predicted molar refractivity (Wildman–Crippen MR) is 327 cm³/mol. The standard InChI is InChI=1S/C22H26ClN5O2.C17H18ClN5.C11H6Cl2N4.C10H20N2O2/c1-22(2,3)30-21(29)27-9-6-7-15(14-27)11-18-17(23)13-24-20(26-18)16-12-25-28-10-5-4-8-19(16)28;18-14-11-20-17(13-10-21-23-7-2-1-5-16(13)23)22-15(14)8-12-4-3-6-19-9-12;12-8-6-14-11(16-10(8)13)7-5-15-17-4-2-1-3-9(7)17;1-10(2,3)14-9(13)12-6-4-5-8(11)7-12/h4-5,8,10,12-13,15H,6-7,9,11,14H2,1-3H3;1-2,5,7,10-12,19H,3-4,6,8-9H2;1-6H;8H,4-7,11H2,1-3H3/t15-;12-;;8-/m00.1/s1. The number of nitrogens with two attached hydrogens (primary N) is 1. The summed E-state index contributed by atoms with van der Waals surface area (Å²) in [5, 5.41) is 18.1. The number of halogens is 4. The molecule has 3 fully saturated rings. The minimum atomic E-state index is -0.497. The average molecular weight is 1220 g/mol. The molecule has 9 aromatic rings. The molecule has 0 radical (unpaired) electrons. The molecule has 3 aliphatic rings. The summed E-state index contributed by atoms with van der Waals surface area (Å²) in [5.41, 5.74) is 12.1. The fourth-order valence-corrected chi connectivity index (χ4v) is 10.6. The number of aromatic nitrogens is 12. The van der Waals surface area contributed by atoms with Crippen molar-refractivity contribution in [1.82, 2.24) is 73.9 Å². The van der Waals surface area contributed by atoms with Crippen LogP contribution in [0.1, 0.15) is 91.5 Å². The molecule has 0 aliphatic carbocycles. The van der Waals surface area contributed by atoms with Crippen LogP contribution in [-0.2, 0) is 22.3 Å². The summed E-state index contributed by atoms with van der Waals surface area (Å²) in [5.74, 6) is 2.67. The van der Waals surface area contributed by atoms with E-state index in [1.54, 1.807) is 43.6 Å². The minimum Gasteiger partial charge on any atom is -0.444 e. The van der Waals surface area contributed by atoms with Crippen molar-refractivity contribution in [3.8, 4) is 34.2 Å². The second-order valence-electron chi connectivity index (χ2n) is 23.0. The van der Waals surface area contributed by atoms with Crippen LogP contribution in [0.4, 0.5) is 9.59 Å². The Morgan fingerprint density at radius 3 is 1.43 bits per heavy atom. The highest BCUT2D eigenvalue weighted by molar-refractivity contribution is 6.41. The molecule has 3 atom stereocenters. The molecule has 0 saturated carbocycles. The van der Waals surface area contributed by atoms with Crippen LogP contribution < -0.4 is 11.1 Å². The van der Waals surface area contributed by atoms with Crippen molar-refractivity contribution in [2.75, 3.05) is 39.3 Å². The average Bonchev–Trinajstić information content (AvgIpc) is 3.85. The molecule has 0 aromatic carbocycles. The molecule has 3 saturated heterocycles. The Hall–Kier alpha value is -7.07. The smallest absolute Gasteiger partial charge is 0.410 e. The Balaban J connectivity index is 0.000000140. The SMILES string of the molecule is CC(C)(C)OC(=O)N1CCC[C@@H](Cc2nc(-c3cnn4ccccc34)ncc2Cl)C1.CC(C)(C)OC(=O)N1CCC[C@@H](N)C1.Clc1cnc(-c2cnn3ccccc23)nc1C[C@@H]1CCCNC1.Clc1cnc(-c2cnn3ccccc23)nc1Cl. The van der Waals surface area contributed by atoms with Crippen LogP contribution in [0.5, 0.6) is 0 Å². The van der Waals surface area contributed by atoms with Gasteiger partial charge in [-0.05, 0) is 154 Å². The number of hydrogen-bond donors (Lipinski definition) is 2. The number of hydrogen-bond acceptors (Lipinski definition) is 15. The molecule has 20 nitrogen and oxygen atoms in total. The van der Waals surface area contributed by atoms with E-state index in [4.69, 9.17) is 71.6 Å². The van der Waals surface area contributed by atoms with Crippen molar-refractivity contribution in [1.29, 1.82) is 0 Å². The van der Waals surface area contributed by atoms with Crippen molar-refractivity contribution >= 4 is 75.1 Å². The van der Waals surface area contributed by atoms with Gasteiger partial charge in [0.1, 0.15) is 11.2 Å². The van der Waals surface area contributed by atoms with Crippen molar-refractivity contribution in [3.63, 3.8) is 0 Å². The molecule has 84 heavy (non-hydrogen) atoms. The first-order valence-electron chi connectivity index (χ1n) is 28.2. The summed E-state index contributed by atoms with van der Waals surface area (Å²) >= 11 is 24.4. The maximum Gasteiger partial charge on any atom is 0.410 e. The highest BCUT2D eigenvalue weighted by atomic mass is 35.5. The number of carbonyl (C=O) groups is 2. The van der Waals surface area contributed by atoms with Crippen LogP contribution in [0.15, 0.2) is 110 Å². The molecule has 12 rings (SSSR count). The van der Waals surface area contributed by atoms with Crippen LogP contribution in [-0.4, -0.2) is 137 Å². The third-order valence-corrected chi connectivity index (χ3v) is 15.3. The number of carbonyl (C=O) groups excluding carboxylic acids is 2. The molecular weight excluding hydrogens is 1150 g/mol. The number of amides is 2. The van der Waals surface area contributed by atoms with E-state index in [-0.39, 0.29) is 29.3 Å². The lowest BCUT2D eigenvalue weighted by Gasteiger charge is -2.34. The topological polar surface area (TPSA) is 226 Å². The van der Waals surface area contributed by atoms with Gasteiger partial charge in [0, 0.05) is 63.2 Å². The predicted octanol–water partition coefficient (Wildman–Crippen LogP) is 12.1. The maximum atomic E-state index is 12.5. The number of likely N-dealkylation sites (tertiary alicyclic amines) is 2. The number of pyridine rings is 3. The number of fused-ring (bicyclic) bond motifs is 3. The minimum absolute atomic E-state index is 0.108. The van der Waals surface area contributed by atoms with Crippen molar-refractivity contribution < 1.29 is 19.1 Å². The van der Waals surface area contributed by atoms with Crippen molar-refractivity contribution in [2.45, 2.75) is 110 Å². The number of nitrogens with zero attached hydrogens (tertiary/aromatic N) is 14. The number of rotatable bonds is 7. The monoisotopic (exact) mass is 1220 g/mol. The second-order valence-corrected chi connectivity index (χ2v) is 24.5. The first-order valence-corrected chi connectivity index (χ1v) is 29.7. The van der Waals surface area contributed by atoms with E-state index in [2.05, 4.69) is 40.5 Å². The second kappa shape index (κ2) is 27.8. The third-order valence-electron chi connectivity index (χ3n) is 14.0. The largest absolute Gasteiger partial charge is 0.444 e. The Labute approximate surface area is 508 Å². The first kappa shape index (κ1) is 61.5. The number of piperidine rings is 3.